The summed E-state index contributed by atoms with van der Waals surface area (Å²) in [5.41, 5.74) is 4.87. The summed E-state index contributed by atoms with van der Waals surface area (Å²) in [6.07, 6.45) is 4.32. The van der Waals surface area contributed by atoms with Gasteiger partial charge in [-0.1, -0.05) is 27.7 Å². The van der Waals surface area contributed by atoms with E-state index in [-0.39, 0.29) is 53.3 Å². The van der Waals surface area contributed by atoms with Crippen molar-refractivity contribution < 1.29 is 23.9 Å². The van der Waals surface area contributed by atoms with Gasteiger partial charge in [0.2, 0.25) is 11.8 Å². The van der Waals surface area contributed by atoms with Gasteiger partial charge in [0, 0.05) is 80.4 Å². The molecule has 4 amide bonds. The molecular weight excluding hydrogens is 733 g/mol. The van der Waals surface area contributed by atoms with Gasteiger partial charge in [0.1, 0.15) is 23.6 Å². The predicted molar refractivity (Wildman–Crippen MR) is 222 cm³/mol. The fourth-order valence-electron chi connectivity index (χ4n) is 9.84. The Morgan fingerprint density at radius 1 is 0.845 bits per heavy atom. The van der Waals surface area contributed by atoms with E-state index in [9.17, 15) is 24.4 Å². The second-order valence-electron chi connectivity index (χ2n) is 17.7. The minimum absolute atomic E-state index is 0.0808. The quantitative estimate of drug-likeness (QED) is 0.245. The van der Waals surface area contributed by atoms with Crippen molar-refractivity contribution in [2.24, 2.45) is 16.7 Å². The van der Waals surface area contributed by atoms with Gasteiger partial charge in [-0.2, -0.15) is 5.26 Å². The van der Waals surface area contributed by atoms with E-state index >= 15 is 0 Å². The monoisotopic (exact) mass is 788 g/mol. The highest BCUT2D eigenvalue weighted by Crippen LogP contribution is 2.55. The van der Waals surface area contributed by atoms with Crippen molar-refractivity contribution in [3.8, 4) is 11.8 Å². The fourth-order valence-corrected chi connectivity index (χ4v) is 9.84. The number of rotatable bonds is 10. The summed E-state index contributed by atoms with van der Waals surface area (Å²) in [5.74, 6) is 0.0690. The van der Waals surface area contributed by atoms with E-state index in [1.807, 2.05) is 44.2 Å². The van der Waals surface area contributed by atoms with Crippen LogP contribution in [-0.4, -0.2) is 97.5 Å². The molecule has 0 spiro atoms. The Morgan fingerprint density at radius 3 is 2.05 bits per heavy atom. The number of ether oxygens (including phenoxy) is 1. The Balaban J connectivity index is 0.837. The van der Waals surface area contributed by atoms with E-state index in [0.29, 0.717) is 17.0 Å². The Bertz CT molecular complexity index is 2040. The largest absolute Gasteiger partial charge is 0.489 e. The van der Waals surface area contributed by atoms with Gasteiger partial charge in [0.15, 0.2) is 0 Å². The third-order valence-corrected chi connectivity index (χ3v) is 12.9. The summed E-state index contributed by atoms with van der Waals surface area (Å²) < 4.78 is 6.55. The molecule has 1 aliphatic carbocycles. The third kappa shape index (κ3) is 8.39. The number of anilines is 2. The maximum absolute atomic E-state index is 13.5. The summed E-state index contributed by atoms with van der Waals surface area (Å²) in [4.78, 5) is 61.2. The number of imide groups is 1. The van der Waals surface area contributed by atoms with Crippen molar-refractivity contribution >= 4 is 35.0 Å². The van der Waals surface area contributed by atoms with Crippen LogP contribution in [0.3, 0.4) is 0 Å². The molecule has 0 bridgehead atoms. The van der Waals surface area contributed by atoms with Crippen LogP contribution in [0.2, 0.25) is 0 Å². The van der Waals surface area contributed by atoms with E-state index in [4.69, 9.17) is 4.74 Å². The van der Waals surface area contributed by atoms with E-state index in [2.05, 4.69) is 81.5 Å². The van der Waals surface area contributed by atoms with Gasteiger partial charge in [-0.05, 0) is 98.7 Å². The number of amides is 4. The molecular formula is C45H56N8O5. The number of carbonyl (C=O) groups excluding carboxylic acids is 4. The van der Waals surface area contributed by atoms with Crippen molar-refractivity contribution in [3.05, 3.63) is 82.7 Å². The van der Waals surface area contributed by atoms with E-state index in [1.165, 1.54) is 0 Å². The van der Waals surface area contributed by atoms with Gasteiger partial charge in [-0.25, -0.2) is 4.98 Å². The predicted octanol–water partition coefficient (Wildman–Crippen LogP) is 4.76. The molecule has 1 unspecified atom stereocenters. The summed E-state index contributed by atoms with van der Waals surface area (Å²) in [5, 5.41) is 17.7. The number of nitrogens with zero attached hydrogens (tertiary/aromatic N) is 5. The molecule has 7 rings (SSSR count). The maximum Gasteiger partial charge on any atom is 0.270 e. The van der Waals surface area contributed by atoms with Crippen LogP contribution in [0.5, 0.6) is 5.75 Å². The van der Waals surface area contributed by atoms with Gasteiger partial charge in [0.25, 0.3) is 11.8 Å². The molecule has 1 aromatic heterocycles. The average Bonchev–Trinajstić information content (AvgIpc) is 3.20. The molecule has 3 aromatic rings. The number of nitrogens with one attached hydrogen (secondary N) is 3. The topological polar surface area (TPSA) is 160 Å². The molecule has 3 aliphatic heterocycles. The summed E-state index contributed by atoms with van der Waals surface area (Å²) in [6.45, 7) is 19.1. The average molecular weight is 789 g/mol. The molecule has 13 nitrogen and oxygen atoms in total. The number of aromatic nitrogens is 1. The van der Waals surface area contributed by atoms with E-state index in [1.54, 1.807) is 12.3 Å². The van der Waals surface area contributed by atoms with Gasteiger partial charge in [-0.15, -0.1) is 0 Å². The second kappa shape index (κ2) is 16.4. The minimum atomic E-state index is -0.731. The Labute approximate surface area is 341 Å². The number of carbonyl (C=O) groups is 4. The lowest BCUT2D eigenvalue weighted by molar-refractivity contribution is -0.164. The normalized spacial score (nSPS) is 23.3. The molecule has 2 aromatic carbocycles. The Hall–Kier alpha value is -5.48. The number of hydrogen-bond acceptors (Lipinski definition) is 10. The van der Waals surface area contributed by atoms with Crippen LogP contribution in [0.4, 0.5) is 11.4 Å². The number of hydrogen-bond donors (Lipinski definition) is 3. The Morgan fingerprint density at radius 2 is 1.47 bits per heavy atom. The first kappa shape index (κ1) is 40.7. The first-order chi connectivity index (χ1) is 27.6. The van der Waals surface area contributed by atoms with Gasteiger partial charge in [-0.3, -0.25) is 29.4 Å². The van der Waals surface area contributed by atoms with Gasteiger partial charge < -0.3 is 25.2 Å². The second-order valence-corrected chi connectivity index (χ2v) is 17.7. The zero-order valence-corrected chi connectivity index (χ0v) is 34.6. The van der Waals surface area contributed by atoms with Crippen molar-refractivity contribution in [2.75, 3.05) is 55.6 Å². The van der Waals surface area contributed by atoms with Crippen molar-refractivity contribution in [3.63, 3.8) is 0 Å². The highest BCUT2D eigenvalue weighted by Gasteiger charge is 2.64. The zero-order chi connectivity index (χ0) is 41.4. The molecule has 4 heterocycles. The maximum atomic E-state index is 13.5. The first-order valence-electron chi connectivity index (χ1n) is 20.6. The van der Waals surface area contributed by atoms with Crippen LogP contribution in [-0.2, 0) is 9.59 Å². The first-order valence-corrected chi connectivity index (χ1v) is 20.6. The zero-order valence-electron chi connectivity index (χ0n) is 34.6. The molecule has 0 radical (unpaired) electrons. The number of aryl methyl sites for hydroxylation is 2. The van der Waals surface area contributed by atoms with Crippen molar-refractivity contribution in [1.82, 2.24) is 25.8 Å². The number of benzene rings is 2. The van der Waals surface area contributed by atoms with Crippen LogP contribution in [0.15, 0.2) is 54.7 Å². The minimum Gasteiger partial charge on any atom is -0.489 e. The van der Waals surface area contributed by atoms with Gasteiger partial charge >= 0.3 is 0 Å². The van der Waals surface area contributed by atoms with Crippen molar-refractivity contribution in [2.45, 2.75) is 85.4 Å². The molecule has 3 N–H and O–H groups in total. The third-order valence-electron chi connectivity index (χ3n) is 12.9. The molecule has 1 atom stereocenters. The molecule has 306 valence electrons. The number of piperidine rings is 2. The lowest BCUT2D eigenvalue weighted by Crippen LogP contribution is -2.74. The summed E-state index contributed by atoms with van der Waals surface area (Å²) in [7, 11) is 0. The van der Waals surface area contributed by atoms with Crippen LogP contribution >= 0.6 is 0 Å². The summed E-state index contributed by atoms with van der Waals surface area (Å²) >= 11 is 0. The van der Waals surface area contributed by atoms with Crippen LogP contribution in [0.1, 0.15) is 90.9 Å². The number of nitriles is 1. The SMILES string of the molecule is Cc1cc(OC2C(C)(C)C(NC(=O)c3ccc(N4CCC(CN5CCN(c6ccc(C(=O)NC7CCC(=O)NC7=O)nc6)CC5)CC4)cc3)C2(C)C)cc(C)c1C#N. The standard InChI is InChI=1S/C45H56N8O5/c1-28-23-34(24-29(2)35(28)25-46)58-43-44(3,4)42(45(43,5)6)50-39(55)31-7-9-32(10-8-31)52-17-15-30(16-18-52)27-51-19-21-53(22-20-51)33-11-12-36(47-26-33)40(56)48-37-13-14-38(54)49-41(37)57/h7-12,23-24,26,30,37,42-43H,13-22,27H2,1-6H3,(H,48,56)(H,50,55)(H,49,54,57). The number of piperazine rings is 1. The molecule has 58 heavy (non-hydrogen) atoms. The molecule has 3 saturated heterocycles. The molecule has 1 saturated carbocycles. The summed E-state index contributed by atoms with van der Waals surface area (Å²) in [6, 6.07) is 16.9. The smallest absolute Gasteiger partial charge is 0.270 e. The Kier molecular flexibility index (Phi) is 11.5. The molecule has 13 heteroatoms. The van der Waals surface area contributed by atoms with Crippen LogP contribution in [0, 0.1) is 41.9 Å². The van der Waals surface area contributed by atoms with Crippen LogP contribution in [0.25, 0.3) is 0 Å². The highest BCUT2D eigenvalue weighted by atomic mass is 16.5. The van der Waals surface area contributed by atoms with Crippen molar-refractivity contribution in [1.29, 1.82) is 5.26 Å². The lowest BCUT2D eigenvalue weighted by Gasteiger charge is -2.63. The highest BCUT2D eigenvalue weighted by molar-refractivity contribution is 6.03. The van der Waals surface area contributed by atoms with Crippen LogP contribution < -0.4 is 30.5 Å². The lowest BCUT2D eigenvalue weighted by atomic mass is 9.49. The molecule has 4 aliphatic rings. The van der Waals surface area contributed by atoms with Gasteiger partial charge in [0.05, 0.1) is 23.5 Å². The molecule has 4 fully saturated rings. The van der Waals surface area contributed by atoms with E-state index < -0.39 is 17.9 Å². The fraction of sp³-hybridized carbons (Fsp3) is 0.511. The van der Waals surface area contributed by atoms with E-state index in [0.717, 1.165) is 86.9 Å². The number of pyridine rings is 1.